The Morgan fingerprint density at radius 2 is 0.479 bits per heavy atom. The lowest BCUT2D eigenvalue weighted by atomic mass is 9.92. The summed E-state index contributed by atoms with van der Waals surface area (Å²) in [6.45, 7) is 5.10. The quantitative estimate of drug-likeness (QED) is 0.106. The van der Waals surface area contributed by atoms with Crippen molar-refractivity contribution in [1.82, 2.24) is 4.57 Å². The van der Waals surface area contributed by atoms with Crippen LogP contribution in [0.5, 0.6) is 0 Å². The van der Waals surface area contributed by atoms with E-state index >= 15 is 0 Å². The van der Waals surface area contributed by atoms with Gasteiger partial charge in [0.15, 0.2) is 0 Å². The number of benzene rings is 17. The Balaban J connectivity index is 0.682. The van der Waals surface area contributed by atoms with Crippen LogP contribution in [0.3, 0.4) is 0 Å². The van der Waals surface area contributed by atoms with E-state index in [0.29, 0.717) is 0 Å². The van der Waals surface area contributed by atoms with Gasteiger partial charge >= 0.3 is 0 Å². The van der Waals surface area contributed by atoms with Gasteiger partial charge in [-0.1, -0.05) is 292 Å². The zero-order chi connectivity index (χ0) is 62.2. The second-order valence-corrected chi connectivity index (χ2v) is 30.6. The lowest BCUT2D eigenvalue weighted by Crippen LogP contribution is -2.49. The fraction of sp³-hybridized carbons (Fsp3) is 0.0217. The van der Waals surface area contributed by atoms with Crippen LogP contribution in [-0.2, 0) is 0 Å². The van der Waals surface area contributed by atoms with Crippen molar-refractivity contribution in [1.29, 1.82) is 0 Å². The van der Waals surface area contributed by atoms with Gasteiger partial charge in [-0.25, -0.2) is 0 Å². The molecule has 438 valence electrons. The van der Waals surface area contributed by atoms with Crippen LogP contribution in [0.4, 0.5) is 0 Å². The van der Waals surface area contributed by atoms with Gasteiger partial charge in [0, 0.05) is 16.5 Å². The zero-order valence-corrected chi connectivity index (χ0v) is 53.2. The Morgan fingerprint density at radius 3 is 0.872 bits per heavy atom. The number of aromatic nitrogens is 1. The summed E-state index contributed by atoms with van der Waals surface area (Å²) < 4.78 is 2.53. The lowest BCUT2D eigenvalue weighted by Gasteiger charge is -2.21. The highest BCUT2D eigenvalue weighted by Crippen LogP contribution is 2.43. The summed E-state index contributed by atoms with van der Waals surface area (Å²) in [4.78, 5) is 0. The van der Waals surface area contributed by atoms with Gasteiger partial charge in [0.05, 0.1) is 11.0 Å². The van der Waals surface area contributed by atoms with E-state index < -0.39 is 8.07 Å². The van der Waals surface area contributed by atoms with E-state index in [1.165, 1.54) is 192 Å². The molecule has 0 unspecified atom stereocenters. The molecule has 17 aromatic carbocycles. The molecule has 0 amide bonds. The fourth-order valence-electron chi connectivity index (χ4n) is 16.0. The Hall–Kier alpha value is -11.7. The smallest absolute Gasteiger partial charge is 0.113 e. The highest BCUT2D eigenvalue weighted by atomic mass is 28.3. The molecule has 0 fully saturated rings. The van der Waals surface area contributed by atoms with Gasteiger partial charge in [-0.2, -0.15) is 0 Å². The number of fused-ring (bicyclic) bond motifs is 15. The molecular formula is C92H61NSi. The van der Waals surface area contributed by atoms with Crippen LogP contribution in [0.15, 0.2) is 334 Å². The topological polar surface area (TPSA) is 4.93 Å². The first-order chi connectivity index (χ1) is 46.3. The summed E-state index contributed by atoms with van der Waals surface area (Å²) in [5, 5.41) is 20.9. The van der Waals surface area contributed by atoms with Crippen molar-refractivity contribution in [3.63, 3.8) is 0 Å². The van der Waals surface area contributed by atoms with Crippen molar-refractivity contribution in [2.45, 2.75) is 13.1 Å². The maximum absolute atomic E-state index is 2.55. The minimum atomic E-state index is -2.20. The largest absolute Gasteiger partial charge is 0.309 e. The number of rotatable bonds is 8. The average Bonchev–Trinajstić information content (AvgIpc) is 1.51. The number of hydrogen-bond donors (Lipinski definition) is 0. The minimum Gasteiger partial charge on any atom is -0.309 e. The highest BCUT2D eigenvalue weighted by molar-refractivity contribution is 7.04. The van der Waals surface area contributed by atoms with Crippen LogP contribution in [0.1, 0.15) is 0 Å². The molecule has 0 N–H and O–H groups in total. The van der Waals surface area contributed by atoms with Crippen molar-refractivity contribution in [3.8, 4) is 94.7 Å². The SMILES string of the molecule is C[Si]1(C)c2cc(-c3cc4ccccc4c4ccccc34)ccc2-c2ccc(-n3c4ccc(-c5ccc(-c6ccc(-c7cc8ccccc8c8ccccc78)cc6)cc5)cc4c4cc(-c5ccc(-c6ccc(-c7cc8ccccc8c8ccccc78)cc6)cc5)ccc43)cc21. The van der Waals surface area contributed by atoms with E-state index in [1.54, 1.807) is 0 Å². The van der Waals surface area contributed by atoms with E-state index in [-0.39, 0.29) is 0 Å². The summed E-state index contributed by atoms with van der Waals surface area (Å²) in [6, 6.07) is 125. The fourth-order valence-corrected chi connectivity index (χ4v) is 19.1. The molecule has 94 heavy (non-hydrogen) atoms. The standard InChI is InChI=1S/C92H61NSi/c1-94(2)91-56-71(86-55-70-17-5-8-20-75(70)78-23-11-14-26-81(78)86)43-47-82(91)83-48-46-72(57-92(83)94)93-89-49-44-66(62-31-27-58(28-32-62)60-35-39-64(40-36-60)84-53-68-15-3-6-18-73(68)76-21-9-12-24-79(76)84)51-87(89)88-52-67(45-50-90(88)93)63-33-29-59(30-34-63)61-37-41-65(42-38-61)85-54-69-16-4-7-19-74(69)77-22-10-13-25-80(77)85/h3-57H,1-2H3. The molecule has 19 rings (SSSR count). The summed E-state index contributed by atoms with van der Waals surface area (Å²) >= 11 is 0. The van der Waals surface area contributed by atoms with Gasteiger partial charge < -0.3 is 4.57 Å². The van der Waals surface area contributed by atoms with E-state index in [2.05, 4.69) is 351 Å². The van der Waals surface area contributed by atoms with Crippen molar-refractivity contribution < 1.29 is 0 Å². The van der Waals surface area contributed by atoms with Gasteiger partial charge in [0.1, 0.15) is 8.07 Å². The third-order valence-electron chi connectivity index (χ3n) is 20.8. The predicted molar refractivity (Wildman–Crippen MR) is 406 cm³/mol. The molecule has 1 nitrogen and oxygen atoms in total. The second kappa shape index (κ2) is 21.2. The summed E-state index contributed by atoms with van der Waals surface area (Å²) in [6.07, 6.45) is 0. The van der Waals surface area contributed by atoms with Gasteiger partial charge in [-0.15, -0.1) is 0 Å². The maximum atomic E-state index is 2.55. The summed E-state index contributed by atoms with van der Waals surface area (Å²) in [7, 11) is -2.20. The Kier molecular flexibility index (Phi) is 12.2. The van der Waals surface area contributed by atoms with Crippen molar-refractivity contribution in [3.05, 3.63) is 334 Å². The summed E-state index contributed by atoms with van der Waals surface area (Å²) in [5.74, 6) is 0. The van der Waals surface area contributed by atoms with Crippen LogP contribution in [-0.4, -0.2) is 12.6 Å². The average molecular weight is 1210 g/mol. The second-order valence-electron chi connectivity index (χ2n) is 26.3. The lowest BCUT2D eigenvalue weighted by molar-refractivity contribution is 1.18. The normalized spacial score (nSPS) is 12.7. The molecule has 2 heterocycles. The molecule has 1 aromatic heterocycles. The van der Waals surface area contributed by atoms with Crippen molar-refractivity contribution >= 4 is 105 Å². The van der Waals surface area contributed by atoms with Crippen molar-refractivity contribution in [2.24, 2.45) is 0 Å². The number of hydrogen-bond acceptors (Lipinski definition) is 0. The highest BCUT2D eigenvalue weighted by Gasteiger charge is 2.38. The van der Waals surface area contributed by atoms with Crippen LogP contribution in [0.25, 0.3) is 181 Å². The van der Waals surface area contributed by atoms with Crippen LogP contribution in [0, 0.1) is 0 Å². The molecule has 1 aliphatic rings. The molecule has 0 aliphatic carbocycles. The molecule has 2 heteroatoms. The van der Waals surface area contributed by atoms with Crippen LogP contribution >= 0.6 is 0 Å². The molecule has 0 radical (unpaired) electrons. The van der Waals surface area contributed by atoms with Crippen molar-refractivity contribution in [2.75, 3.05) is 0 Å². The van der Waals surface area contributed by atoms with Gasteiger partial charge in [0.25, 0.3) is 0 Å². The third-order valence-corrected chi connectivity index (χ3v) is 24.3. The van der Waals surface area contributed by atoms with Gasteiger partial charge in [-0.05, 0) is 219 Å². The third kappa shape index (κ3) is 8.61. The van der Waals surface area contributed by atoms with Gasteiger partial charge in [0.2, 0.25) is 0 Å². The molecule has 1 aliphatic heterocycles. The zero-order valence-electron chi connectivity index (χ0n) is 52.2. The maximum Gasteiger partial charge on any atom is 0.113 e. The first-order valence-corrected chi connectivity index (χ1v) is 35.9. The first kappa shape index (κ1) is 54.1. The summed E-state index contributed by atoms with van der Waals surface area (Å²) in [5.41, 5.74) is 23.4. The first-order valence-electron chi connectivity index (χ1n) is 32.9. The van der Waals surface area contributed by atoms with Gasteiger partial charge in [-0.3, -0.25) is 0 Å². The van der Waals surface area contributed by atoms with Crippen LogP contribution < -0.4 is 10.4 Å². The minimum absolute atomic E-state index is 1.19. The monoisotopic (exact) mass is 1210 g/mol. The van der Waals surface area contributed by atoms with E-state index in [0.717, 1.165) is 0 Å². The van der Waals surface area contributed by atoms with Crippen LogP contribution in [0.2, 0.25) is 13.1 Å². The van der Waals surface area contributed by atoms with E-state index in [1.807, 2.05) is 0 Å². The molecule has 0 saturated carbocycles. The van der Waals surface area contributed by atoms with E-state index in [4.69, 9.17) is 0 Å². The Morgan fingerprint density at radius 1 is 0.191 bits per heavy atom. The molecule has 0 atom stereocenters. The molecular weight excluding hydrogens is 1150 g/mol. The Bertz CT molecular complexity index is 5880. The molecule has 0 saturated heterocycles. The van der Waals surface area contributed by atoms with E-state index in [9.17, 15) is 0 Å². The molecule has 0 bridgehead atoms. The Labute approximate surface area is 547 Å². The molecule has 0 spiro atoms. The molecule has 18 aromatic rings. The number of nitrogens with zero attached hydrogens (tertiary/aromatic N) is 1. The predicted octanol–water partition coefficient (Wildman–Crippen LogP) is 24.2.